The summed E-state index contributed by atoms with van der Waals surface area (Å²) in [5, 5.41) is 7.24. The quantitative estimate of drug-likeness (QED) is 0.823. The highest BCUT2D eigenvalue weighted by molar-refractivity contribution is 4.83. The molecule has 1 aromatic rings. The van der Waals surface area contributed by atoms with E-state index in [-0.39, 0.29) is 0 Å². The van der Waals surface area contributed by atoms with Crippen molar-refractivity contribution in [3.63, 3.8) is 0 Å². The molecule has 4 heteroatoms. The molecular formula is C11H19N3O. The normalized spacial score (nSPS) is 26.0. The van der Waals surface area contributed by atoms with Crippen molar-refractivity contribution < 1.29 is 4.52 Å². The molecule has 0 radical (unpaired) electrons. The molecular weight excluding hydrogens is 190 g/mol. The Balaban J connectivity index is 1.67. The summed E-state index contributed by atoms with van der Waals surface area (Å²) in [6.45, 7) is 5.96. The number of nitrogens with one attached hydrogen (secondary N) is 1. The van der Waals surface area contributed by atoms with Crippen LogP contribution in [0.1, 0.15) is 37.9 Å². The van der Waals surface area contributed by atoms with E-state index >= 15 is 0 Å². The van der Waals surface area contributed by atoms with Crippen LogP contribution in [0.15, 0.2) is 4.52 Å². The van der Waals surface area contributed by atoms with Crippen molar-refractivity contribution in [1.82, 2.24) is 15.5 Å². The van der Waals surface area contributed by atoms with Gasteiger partial charge in [0.05, 0.1) is 6.54 Å². The minimum absolute atomic E-state index is 0.640. The van der Waals surface area contributed by atoms with Gasteiger partial charge in [-0.15, -0.1) is 0 Å². The molecule has 1 heterocycles. The number of nitrogens with zero attached hydrogens (tertiary/aromatic N) is 2. The fourth-order valence-electron chi connectivity index (χ4n) is 2.31. The van der Waals surface area contributed by atoms with Crippen molar-refractivity contribution in [2.24, 2.45) is 11.8 Å². The lowest BCUT2D eigenvalue weighted by atomic mass is 10.1. The number of aromatic nitrogens is 2. The van der Waals surface area contributed by atoms with Crippen molar-refractivity contribution in [2.45, 2.75) is 39.7 Å². The van der Waals surface area contributed by atoms with Crippen molar-refractivity contribution in [1.29, 1.82) is 0 Å². The lowest BCUT2D eigenvalue weighted by Crippen LogP contribution is -2.21. The summed E-state index contributed by atoms with van der Waals surface area (Å²) in [6.07, 6.45) is 4.10. The number of aryl methyl sites for hydroxylation is 1. The molecule has 1 aliphatic rings. The molecule has 0 spiro atoms. The van der Waals surface area contributed by atoms with Gasteiger partial charge in [-0.1, -0.05) is 18.5 Å². The van der Waals surface area contributed by atoms with Gasteiger partial charge in [-0.05, 0) is 31.2 Å². The maximum Gasteiger partial charge on any atom is 0.223 e. The van der Waals surface area contributed by atoms with Gasteiger partial charge in [0.25, 0.3) is 0 Å². The Bertz CT molecular complexity index is 311. The zero-order chi connectivity index (χ0) is 10.7. The van der Waals surface area contributed by atoms with Gasteiger partial charge < -0.3 is 9.84 Å². The fraction of sp³-hybridized carbons (Fsp3) is 0.818. The smallest absolute Gasteiger partial charge is 0.223 e. The number of hydrogen-bond acceptors (Lipinski definition) is 4. The summed E-state index contributed by atoms with van der Waals surface area (Å²) in [5.74, 6) is 3.15. The third kappa shape index (κ3) is 3.02. The van der Waals surface area contributed by atoms with Crippen LogP contribution in [-0.4, -0.2) is 16.7 Å². The van der Waals surface area contributed by atoms with Crippen LogP contribution in [0.5, 0.6) is 0 Å². The highest BCUT2D eigenvalue weighted by atomic mass is 16.5. The zero-order valence-electron chi connectivity index (χ0n) is 9.49. The minimum Gasteiger partial charge on any atom is -0.340 e. The lowest BCUT2D eigenvalue weighted by molar-refractivity contribution is 0.383. The Hall–Kier alpha value is -0.900. The molecule has 0 aliphatic heterocycles. The first-order chi connectivity index (χ1) is 7.24. The predicted molar refractivity (Wildman–Crippen MR) is 57.2 cm³/mol. The molecule has 1 fully saturated rings. The predicted octanol–water partition coefficient (Wildman–Crippen LogP) is 1.90. The average molecular weight is 209 g/mol. The van der Waals surface area contributed by atoms with E-state index in [1.54, 1.807) is 0 Å². The molecule has 15 heavy (non-hydrogen) atoms. The Morgan fingerprint density at radius 2 is 2.33 bits per heavy atom. The molecule has 0 amide bonds. The molecule has 2 atom stereocenters. The van der Waals surface area contributed by atoms with Crippen molar-refractivity contribution >= 4 is 0 Å². The van der Waals surface area contributed by atoms with E-state index in [1.165, 1.54) is 19.3 Å². The van der Waals surface area contributed by atoms with E-state index in [0.29, 0.717) is 5.89 Å². The second kappa shape index (κ2) is 4.75. The standard InChI is InChI=1S/C11H19N3O/c1-8-3-4-10(5-8)6-12-7-11-13-9(2)15-14-11/h8,10,12H,3-7H2,1-2H3. The average Bonchev–Trinajstić information content (AvgIpc) is 2.76. The van der Waals surface area contributed by atoms with E-state index in [4.69, 9.17) is 4.52 Å². The molecule has 84 valence electrons. The first kappa shape index (κ1) is 10.6. The second-order valence-corrected chi connectivity index (χ2v) is 4.64. The van der Waals surface area contributed by atoms with Gasteiger partial charge in [0, 0.05) is 6.92 Å². The van der Waals surface area contributed by atoms with Gasteiger partial charge in [0.2, 0.25) is 5.89 Å². The Morgan fingerprint density at radius 1 is 1.47 bits per heavy atom. The SMILES string of the molecule is Cc1nc(CNCC2CCC(C)C2)no1. The van der Waals surface area contributed by atoms with Gasteiger partial charge in [-0.3, -0.25) is 0 Å². The summed E-state index contributed by atoms with van der Waals surface area (Å²) in [4.78, 5) is 4.15. The van der Waals surface area contributed by atoms with E-state index < -0.39 is 0 Å². The van der Waals surface area contributed by atoms with E-state index in [1.807, 2.05) is 6.92 Å². The molecule has 2 rings (SSSR count). The van der Waals surface area contributed by atoms with Crippen LogP contribution in [0, 0.1) is 18.8 Å². The lowest BCUT2D eigenvalue weighted by Gasteiger charge is -2.09. The Kier molecular flexibility index (Phi) is 3.36. The van der Waals surface area contributed by atoms with Gasteiger partial charge >= 0.3 is 0 Å². The molecule has 1 saturated carbocycles. The fourth-order valence-corrected chi connectivity index (χ4v) is 2.31. The van der Waals surface area contributed by atoms with Gasteiger partial charge in [-0.25, -0.2) is 0 Å². The summed E-state index contributed by atoms with van der Waals surface area (Å²) >= 11 is 0. The molecule has 1 aliphatic carbocycles. The summed E-state index contributed by atoms with van der Waals surface area (Å²) in [6, 6.07) is 0. The number of rotatable bonds is 4. The molecule has 0 saturated heterocycles. The Labute approximate surface area is 90.4 Å². The van der Waals surface area contributed by atoms with Crippen LogP contribution in [0.25, 0.3) is 0 Å². The highest BCUT2D eigenvalue weighted by Gasteiger charge is 2.20. The summed E-state index contributed by atoms with van der Waals surface area (Å²) in [5.41, 5.74) is 0. The second-order valence-electron chi connectivity index (χ2n) is 4.64. The van der Waals surface area contributed by atoms with Crippen LogP contribution in [0.3, 0.4) is 0 Å². The van der Waals surface area contributed by atoms with Crippen LogP contribution in [-0.2, 0) is 6.54 Å². The first-order valence-electron chi connectivity index (χ1n) is 5.74. The number of hydrogen-bond donors (Lipinski definition) is 1. The van der Waals surface area contributed by atoms with E-state index in [2.05, 4.69) is 22.4 Å². The Morgan fingerprint density at radius 3 is 2.93 bits per heavy atom. The maximum atomic E-state index is 4.90. The van der Waals surface area contributed by atoms with E-state index in [9.17, 15) is 0 Å². The first-order valence-corrected chi connectivity index (χ1v) is 5.74. The van der Waals surface area contributed by atoms with E-state index in [0.717, 1.165) is 30.7 Å². The van der Waals surface area contributed by atoms with Crippen LogP contribution >= 0.6 is 0 Å². The van der Waals surface area contributed by atoms with Gasteiger partial charge in [0.1, 0.15) is 0 Å². The van der Waals surface area contributed by atoms with Gasteiger partial charge in [0.15, 0.2) is 5.82 Å². The molecule has 2 unspecified atom stereocenters. The molecule has 4 nitrogen and oxygen atoms in total. The largest absolute Gasteiger partial charge is 0.340 e. The molecule has 1 aromatic heterocycles. The zero-order valence-corrected chi connectivity index (χ0v) is 9.49. The molecule has 0 bridgehead atoms. The van der Waals surface area contributed by atoms with Crippen LogP contribution in [0.2, 0.25) is 0 Å². The summed E-state index contributed by atoms with van der Waals surface area (Å²) in [7, 11) is 0. The van der Waals surface area contributed by atoms with Crippen molar-refractivity contribution in [2.75, 3.05) is 6.54 Å². The molecule has 1 N–H and O–H groups in total. The minimum atomic E-state index is 0.640. The van der Waals surface area contributed by atoms with Gasteiger partial charge in [-0.2, -0.15) is 4.98 Å². The highest BCUT2D eigenvalue weighted by Crippen LogP contribution is 2.29. The third-order valence-electron chi connectivity index (χ3n) is 3.09. The van der Waals surface area contributed by atoms with Crippen LogP contribution in [0.4, 0.5) is 0 Å². The summed E-state index contributed by atoms with van der Waals surface area (Å²) < 4.78 is 4.90. The topological polar surface area (TPSA) is 51.0 Å². The molecule has 0 aromatic carbocycles. The van der Waals surface area contributed by atoms with Crippen LogP contribution < -0.4 is 5.32 Å². The maximum absolute atomic E-state index is 4.90. The monoisotopic (exact) mass is 209 g/mol. The van der Waals surface area contributed by atoms with Crippen molar-refractivity contribution in [3.8, 4) is 0 Å². The van der Waals surface area contributed by atoms with Crippen molar-refractivity contribution in [3.05, 3.63) is 11.7 Å². The third-order valence-corrected chi connectivity index (χ3v) is 3.09.